The first-order valence-corrected chi connectivity index (χ1v) is 6.34. The van der Waals surface area contributed by atoms with Gasteiger partial charge in [0.1, 0.15) is 0 Å². The molecule has 0 saturated carbocycles. The summed E-state index contributed by atoms with van der Waals surface area (Å²) in [5, 5.41) is 6.23. The maximum absolute atomic E-state index is 11.9. The highest BCUT2D eigenvalue weighted by Crippen LogP contribution is 2.19. The second-order valence-electron chi connectivity index (χ2n) is 4.33. The molecule has 0 saturated heterocycles. The molecule has 2 aromatic rings. The van der Waals surface area contributed by atoms with Crippen molar-refractivity contribution in [1.29, 1.82) is 0 Å². The van der Waals surface area contributed by atoms with Crippen molar-refractivity contribution in [3.8, 4) is 0 Å². The Bertz CT molecular complexity index is 594. The smallest absolute Gasteiger partial charge is 0.308 e. The zero-order chi connectivity index (χ0) is 13.8. The number of urea groups is 1. The van der Waals surface area contributed by atoms with Gasteiger partial charge >= 0.3 is 6.03 Å². The van der Waals surface area contributed by atoms with E-state index in [1.54, 1.807) is 24.3 Å². The number of aryl methyl sites for hydroxylation is 1. The summed E-state index contributed by atoms with van der Waals surface area (Å²) in [7, 11) is 0. The van der Waals surface area contributed by atoms with Crippen LogP contribution in [0.3, 0.4) is 0 Å². The van der Waals surface area contributed by atoms with Crippen LogP contribution in [0.4, 0.5) is 16.2 Å². The Labute approximate surface area is 117 Å². The Hall–Kier alpha value is -2.00. The Balaban J connectivity index is 2.05. The van der Waals surface area contributed by atoms with Crippen molar-refractivity contribution in [3.63, 3.8) is 0 Å². The number of benzene rings is 2. The molecule has 0 aromatic heterocycles. The van der Waals surface area contributed by atoms with Crippen LogP contribution in [0.5, 0.6) is 0 Å². The van der Waals surface area contributed by atoms with Crippen LogP contribution in [-0.4, -0.2) is 6.03 Å². The van der Waals surface area contributed by atoms with Crippen LogP contribution in [0, 0.1) is 13.8 Å². The van der Waals surface area contributed by atoms with Crippen LogP contribution >= 0.6 is 11.6 Å². The van der Waals surface area contributed by atoms with E-state index in [-0.39, 0.29) is 6.03 Å². The molecule has 0 spiro atoms. The number of hydrogen-bond acceptors (Lipinski definition) is 1. The maximum atomic E-state index is 11.9. The minimum atomic E-state index is -0.268. The molecular weight excluding hydrogens is 260 g/mol. The van der Waals surface area contributed by atoms with Gasteiger partial charge in [-0.3, -0.25) is 0 Å². The van der Waals surface area contributed by atoms with Crippen molar-refractivity contribution in [2.75, 3.05) is 10.6 Å². The van der Waals surface area contributed by atoms with Gasteiger partial charge < -0.3 is 10.6 Å². The Morgan fingerprint density at radius 2 is 1.68 bits per heavy atom. The van der Waals surface area contributed by atoms with Crippen LogP contribution < -0.4 is 10.6 Å². The lowest BCUT2D eigenvalue weighted by Gasteiger charge is -2.11. The van der Waals surface area contributed by atoms with Crippen molar-refractivity contribution in [2.24, 2.45) is 0 Å². The summed E-state index contributed by atoms with van der Waals surface area (Å²) in [6.07, 6.45) is 0. The first-order valence-electron chi connectivity index (χ1n) is 5.96. The fraction of sp³-hybridized carbons (Fsp3) is 0.133. The van der Waals surface area contributed by atoms with Gasteiger partial charge in [-0.1, -0.05) is 23.7 Å². The number of carbonyl (C=O) groups excluding carboxylic acids is 1. The van der Waals surface area contributed by atoms with E-state index in [1.807, 2.05) is 32.0 Å². The molecule has 0 aliphatic carbocycles. The number of halogens is 1. The summed E-state index contributed by atoms with van der Waals surface area (Å²) in [5.74, 6) is 0. The van der Waals surface area contributed by atoms with E-state index in [0.29, 0.717) is 10.7 Å². The molecule has 0 radical (unpaired) electrons. The Morgan fingerprint density at radius 3 is 2.37 bits per heavy atom. The molecular formula is C15H15ClN2O. The highest BCUT2D eigenvalue weighted by molar-refractivity contribution is 6.30. The molecule has 2 rings (SSSR count). The third kappa shape index (κ3) is 3.48. The fourth-order valence-corrected chi connectivity index (χ4v) is 1.83. The minimum absolute atomic E-state index is 0.268. The van der Waals surface area contributed by atoms with Gasteiger partial charge in [-0.2, -0.15) is 0 Å². The van der Waals surface area contributed by atoms with Crippen LogP contribution in [0.2, 0.25) is 5.02 Å². The van der Waals surface area contributed by atoms with E-state index in [4.69, 9.17) is 11.6 Å². The predicted molar refractivity (Wildman–Crippen MR) is 80.0 cm³/mol. The van der Waals surface area contributed by atoms with Crippen LogP contribution in [0.15, 0.2) is 42.5 Å². The quantitative estimate of drug-likeness (QED) is 0.825. The van der Waals surface area contributed by atoms with Crippen LogP contribution in [0.25, 0.3) is 0 Å². The number of anilines is 2. The third-order valence-electron chi connectivity index (χ3n) is 2.95. The molecule has 0 heterocycles. The average Bonchev–Trinajstić information content (AvgIpc) is 2.38. The summed E-state index contributed by atoms with van der Waals surface area (Å²) in [4.78, 5) is 11.9. The molecule has 0 aliphatic heterocycles. The molecule has 3 nitrogen and oxygen atoms in total. The zero-order valence-corrected chi connectivity index (χ0v) is 11.6. The lowest BCUT2D eigenvalue weighted by molar-refractivity contribution is 0.262. The second kappa shape index (κ2) is 5.76. The summed E-state index contributed by atoms with van der Waals surface area (Å²) in [6.45, 7) is 3.99. The summed E-state index contributed by atoms with van der Waals surface area (Å²) >= 11 is 5.79. The molecule has 19 heavy (non-hydrogen) atoms. The molecule has 98 valence electrons. The lowest BCUT2D eigenvalue weighted by atomic mass is 10.1. The standard InChI is InChI=1S/C15H15ClN2O/c1-10-4-3-5-14(11(10)2)18-15(19)17-13-8-6-12(16)7-9-13/h3-9H,1-2H3,(H2,17,18,19). The van der Waals surface area contributed by atoms with Gasteiger partial charge in [-0.15, -0.1) is 0 Å². The highest BCUT2D eigenvalue weighted by atomic mass is 35.5. The molecule has 4 heteroatoms. The molecule has 0 aliphatic rings. The van der Waals surface area contributed by atoms with E-state index in [1.165, 1.54) is 0 Å². The Kier molecular flexibility index (Phi) is 4.07. The SMILES string of the molecule is Cc1cccc(NC(=O)Nc2ccc(Cl)cc2)c1C. The predicted octanol–water partition coefficient (Wildman–Crippen LogP) is 4.60. The normalized spacial score (nSPS) is 10.1. The number of rotatable bonds is 2. The molecule has 0 atom stereocenters. The van der Waals surface area contributed by atoms with Crippen molar-refractivity contribution < 1.29 is 4.79 Å². The van der Waals surface area contributed by atoms with E-state index >= 15 is 0 Å². The van der Waals surface area contributed by atoms with Gasteiger partial charge in [0.2, 0.25) is 0 Å². The number of amides is 2. The van der Waals surface area contributed by atoms with Gasteiger partial charge in [-0.05, 0) is 55.3 Å². The molecule has 0 unspecified atom stereocenters. The largest absolute Gasteiger partial charge is 0.323 e. The molecule has 2 N–H and O–H groups in total. The number of nitrogens with one attached hydrogen (secondary N) is 2. The van der Waals surface area contributed by atoms with Crippen molar-refractivity contribution in [3.05, 3.63) is 58.6 Å². The first-order chi connectivity index (χ1) is 9.06. The van der Waals surface area contributed by atoms with E-state index in [9.17, 15) is 4.79 Å². The van der Waals surface area contributed by atoms with Gasteiger partial charge in [0.25, 0.3) is 0 Å². The van der Waals surface area contributed by atoms with Crippen molar-refractivity contribution >= 4 is 29.0 Å². The minimum Gasteiger partial charge on any atom is -0.308 e. The summed E-state index contributed by atoms with van der Waals surface area (Å²) < 4.78 is 0. The van der Waals surface area contributed by atoms with Crippen molar-refractivity contribution in [2.45, 2.75) is 13.8 Å². The topological polar surface area (TPSA) is 41.1 Å². The summed E-state index contributed by atoms with van der Waals surface area (Å²) in [6, 6.07) is 12.5. The van der Waals surface area contributed by atoms with E-state index in [2.05, 4.69) is 10.6 Å². The zero-order valence-electron chi connectivity index (χ0n) is 10.8. The van der Waals surface area contributed by atoms with Gasteiger partial charge in [0, 0.05) is 16.4 Å². The second-order valence-corrected chi connectivity index (χ2v) is 4.77. The van der Waals surface area contributed by atoms with Gasteiger partial charge in [-0.25, -0.2) is 4.79 Å². The van der Waals surface area contributed by atoms with Crippen LogP contribution in [-0.2, 0) is 0 Å². The molecule has 0 fully saturated rings. The van der Waals surface area contributed by atoms with E-state index < -0.39 is 0 Å². The average molecular weight is 275 g/mol. The third-order valence-corrected chi connectivity index (χ3v) is 3.21. The van der Waals surface area contributed by atoms with Gasteiger partial charge in [0.15, 0.2) is 0 Å². The molecule has 2 aromatic carbocycles. The monoisotopic (exact) mass is 274 g/mol. The molecule has 2 amide bonds. The van der Waals surface area contributed by atoms with Crippen LogP contribution in [0.1, 0.15) is 11.1 Å². The highest BCUT2D eigenvalue weighted by Gasteiger charge is 2.05. The number of carbonyl (C=O) groups is 1. The van der Waals surface area contributed by atoms with Gasteiger partial charge in [0.05, 0.1) is 0 Å². The van der Waals surface area contributed by atoms with E-state index in [0.717, 1.165) is 16.8 Å². The maximum Gasteiger partial charge on any atom is 0.323 e. The fourth-order valence-electron chi connectivity index (χ4n) is 1.70. The Morgan fingerprint density at radius 1 is 1.00 bits per heavy atom. The van der Waals surface area contributed by atoms with Crippen molar-refractivity contribution in [1.82, 2.24) is 0 Å². The summed E-state index contributed by atoms with van der Waals surface area (Å²) in [5.41, 5.74) is 3.72. The molecule has 0 bridgehead atoms. The number of hydrogen-bond donors (Lipinski definition) is 2. The lowest BCUT2D eigenvalue weighted by Crippen LogP contribution is -2.20. The first kappa shape index (κ1) is 13.4.